The molecular weight excluding hydrogens is 347 g/mol. The number of ether oxygens (including phenoxy) is 1. The Morgan fingerprint density at radius 2 is 2.13 bits per heavy atom. The van der Waals surface area contributed by atoms with Gasteiger partial charge in [-0.2, -0.15) is 24.9 Å². The zero-order valence-electron chi connectivity index (χ0n) is 13.1. The number of hydrogen-bond donors (Lipinski definition) is 1. The molecule has 0 aliphatic carbocycles. The quantitative estimate of drug-likeness (QED) is 0.776. The van der Waals surface area contributed by atoms with Gasteiger partial charge >= 0.3 is 6.18 Å². The third-order valence-electron chi connectivity index (χ3n) is 3.76. The van der Waals surface area contributed by atoms with Crippen LogP contribution < -0.4 is 10.1 Å². The summed E-state index contributed by atoms with van der Waals surface area (Å²) in [5.41, 5.74) is -0.882. The first-order valence-corrected chi connectivity index (χ1v) is 9.06. The number of thioether (sulfide) groups is 1. The van der Waals surface area contributed by atoms with Gasteiger partial charge in [-0.1, -0.05) is 31.5 Å². The zero-order chi connectivity index (χ0) is 17.0. The molecule has 0 amide bonds. The van der Waals surface area contributed by atoms with Gasteiger partial charge in [0.05, 0.1) is 5.02 Å². The summed E-state index contributed by atoms with van der Waals surface area (Å²) in [5, 5.41) is 3.32. The van der Waals surface area contributed by atoms with E-state index in [0.717, 1.165) is 19.5 Å². The van der Waals surface area contributed by atoms with Crippen LogP contribution in [0.15, 0.2) is 18.2 Å². The lowest BCUT2D eigenvalue weighted by Crippen LogP contribution is -2.32. The van der Waals surface area contributed by atoms with Crippen molar-refractivity contribution in [3.63, 3.8) is 0 Å². The molecule has 1 aromatic carbocycles. The van der Waals surface area contributed by atoms with Crippen LogP contribution in [0.5, 0.6) is 5.75 Å². The smallest absolute Gasteiger partial charge is 0.421 e. The lowest BCUT2D eigenvalue weighted by Gasteiger charge is -2.26. The van der Waals surface area contributed by atoms with Crippen LogP contribution >= 0.6 is 23.4 Å². The molecule has 1 fully saturated rings. The summed E-state index contributed by atoms with van der Waals surface area (Å²) in [6.45, 7) is 5.77. The molecule has 1 aromatic rings. The summed E-state index contributed by atoms with van der Waals surface area (Å²) in [5.74, 6) is 0.695. The van der Waals surface area contributed by atoms with Crippen molar-refractivity contribution in [1.29, 1.82) is 0 Å². The number of hydrogen-bond acceptors (Lipinski definition) is 3. The van der Waals surface area contributed by atoms with Crippen molar-refractivity contribution in [1.82, 2.24) is 5.32 Å². The Kier molecular flexibility index (Phi) is 6.51. The van der Waals surface area contributed by atoms with E-state index in [1.54, 1.807) is 11.8 Å². The molecule has 1 N–H and O–H groups in total. The normalized spacial score (nSPS) is 20.0. The average molecular weight is 368 g/mol. The molecule has 0 aromatic heterocycles. The minimum Gasteiger partial charge on any atom is -0.489 e. The third kappa shape index (κ3) is 5.19. The maximum Gasteiger partial charge on any atom is 0.421 e. The SMILES string of the molecule is CC(C)SC[C@@H](Oc1cccc(Cl)c1C(F)(F)F)[C@H]1CCNC1. The van der Waals surface area contributed by atoms with Crippen molar-refractivity contribution in [3.8, 4) is 5.75 Å². The van der Waals surface area contributed by atoms with E-state index in [1.807, 2.05) is 0 Å². The average Bonchev–Trinajstić information content (AvgIpc) is 2.95. The number of benzene rings is 1. The number of halogens is 4. The van der Waals surface area contributed by atoms with Crippen LogP contribution in [0.1, 0.15) is 25.8 Å². The molecule has 1 saturated heterocycles. The molecule has 1 aliphatic rings. The summed E-state index contributed by atoms with van der Waals surface area (Å²) in [6.07, 6.45) is -3.89. The molecule has 0 unspecified atom stereocenters. The predicted molar refractivity (Wildman–Crippen MR) is 89.4 cm³/mol. The predicted octanol–water partition coefficient (Wildman–Crippen LogP) is 4.86. The van der Waals surface area contributed by atoms with Crippen LogP contribution in [0.2, 0.25) is 5.02 Å². The van der Waals surface area contributed by atoms with Crippen molar-refractivity contribution < 1.29 is 17.9 Å². The largest absolute Gasteiger partial charge is 0.489 e. The Labute approximate surface area is 144 Å². The molecule has 7 heteroatoms. The monoisotopic (exact) mass is 367 g/mol. The summed E-state index contributed by atoms with van der Waals surface area (Å²) in [7, 11) is 0. The number of nitrogens with one attached hydrogen (secondary N) is 1. The maximum absolute atomic E-state index is 13.3. The topological polar surface area (TPSA) is 21.3 Å². The standard InChI is InChI=1S/C16H21ClF3NOS/c1-10(2)23-9-14(11-6-7-21-8-11)22-13-5-3-4-12(17)15(13)16(18,19)20/h3-5,10-11,14,21H,6-9H2,1-2H3/t11-,14+/m0/s1. The molecule has 0 spiro atoms. The second-order valence-corrected chi connectivity index (χ2v) is 7.92. The Morgan fingerprint density at radius 1 is 1.39 bits per heavy atom. The molecule has 2 nitrogen and oxygen atoms in total. The van der Waals surface area contributed by atoms with Crippen LogP contribution in [-0.4, -0.2) is 30.2 Å². The van der Waals surface area contributed by atoms with E-state index in [4.69, 9.17) is 16.3 Å². The molecule has 0 radical (unpaired) electrons. The van der Waals surface area contributed by atoms with E-state index >= 15 is 0 Å². The Balaban J connectivity index is 2.23. The number of alkyl halides is 3. The summed E-state index contributed by atoms with van der Waals surface area (Å²) in [4.78, 5) is 0. The van der Waals surface area contributed by atoms with E-state index in [-0.39, 0.29) is 22.8 Å². The maximum atomic E-state index is 13.3. The summed E-state index contributed by atoms with van der Waals surface area (Å²) >= 11 is 7.46. The molecule has 0 bridgehead atoms. The van der Waals surface area contributed by atoms with Gasteiger partial charge < -0.3 is 10.1 Å². The third-order valence-corrected chi connectivity index (χ3v) is 5.26. The van der Waals surface area contributed by atoms with Crippen LogP contribution in [0.3, 0.4) is 0 Å². The Bertz CT molecular complexity index is 519. The highest BCUT2D eigenvalue weighted by molar-refractivity contribution is 7.99. The van der Waals surface area contributed by atoms with E-state index in [9.17, 15) is 13.2 Å². The van der Waals surface area contributed by atoms with Crippen LogP contribution in [-0.2, 0) is 6.18 Å². The van der Waals surface area contributed by atoms with E-state index in [0.29, 0.717) is 11.0 Å². The lowest BCUT2D eigenvalue weighted by atomic mass is 10.0. The first-order valence-electron chi connectivity index (χ1n) is 7.63. The van der Waals surface area contributed by atoms with Crippen molar-refractivity contribution in [3.05, 3.63) is 28.8 Å². The first kappa shape index (κ1) is 18.7. The van der Waals surface area contributed by atoms with Gasteiger partial charge in [0.1, 0.15) is 17.4 Å². The van der Waals surface area contributed by atoms with Crippen LogP contribution in [0, 0.1) is 5.92 Å². The van der Waals surface area contributed by atoms with E-state index < -0.39 is 11.7 Å². The molecule has 1 heterocycles. The van der Waals surface area contributed by atoms with Crippen LogP contribution in [0.25, 0.3) is 0 Å². The molecule has 1 aliphatic heterocycles. The number of rotatable bonds is 6. The molecule has 130 valence electrons. The summed E-state index contributed by atoms with van der Waals surface area (Å²) < 4.78 is 45.6. The van der Waals surface area contributed by atoms with Gasteiger partial charge in [0, 0.05) is 18.2 Å². The minimum absolute atomic E-state index is 0.175. The molecular formula is C16H21ClF3NOS. The van der Waals surface area contributed by atoms with Gasteiger partial charge in [-0.15, -0.1) is 0 Å². The fraction of sp³-hybridized carbons (Fsp3) is 0.625. The van der Waals surface area contributed by atoms with Gasteiger partial charge in [-0.25, -0.2) is 0 Å². The van der Waals surface area contributed by atoms with Crippen molar-refractivity contribution in [2.75, 3.05) is 18.8 Å². The molecule has 0 saturated carbocycles. The van der Waals surface area contributed by atoms with Crippen molar-refractivity contribution >= 4 is 23.4 Å². The van der Waals surface area contributed by atoms with E-state index in [2.05, 4.69) is 19.2 Å². The zero-order valence-corrected chi connectivity index (χ0v) is 14.7. The molecule has 2 rings (SSSR count). The highest BCUT2D eigenvalue weighted by atomic mass is 35.5. The Hall–Kier alpha value is -0.590. The van der Waals surface area contributed by atoms with E-state index in [1.165, 1.54) is 18.2 Å². The van der Waals surface area contributed by atoms with Gasteiger partial charge in [0.2, 0.25) is 0 Å². The fourth-order valence-corrected chi connectivity index (χ4v) is 3.78. The first-order chi connectivity index (χ1) is 10.8. The summed E-state index contributed by atoms with van der Waals surface area (Å²) in [6, 6.07) is 4.09. The molecule has 23 heavy (non-hydrogen) atoms. The van der Waals surface area contributed by atoms with Gasteiger partial charge in [-0.3, -0.25) is 0 Å². The van der Waals surface area contributed by atoms with Gasteiger partial charge in [0.15, 0.2) is 0 Å². The van der Waals surface area contributed by atoms with Crippen LogP contribution in [0.4, 0.5) is 13.2 Å². The fourth-order valence-electron chi connectivity index (χ4n) is 2.59. The second kappa shape index (κ2) is 7.99. The van der Waals surface area contributed by atoms with Crippen molar-refractivity contribution in [2.45, 2.75) is 37.8 Å². The minimum atomic E-state index is -4.53. The highest BCUT2D eigenvalue weighted by Crippen LogP contribution is 2.42. The lowest BCUT2D eigenvalue weighted by molar-refractivity contribution is -0.139. The second-order valence-electron chi connectivity index (χ2n) is 5.90. The van der Waals surface area contributed by atoms with Gasteiger partial charge in [-0.05, 0) is 30.3 Å². The van der Waals surface area contributed by atoms with Gasteiger partial charge in [0.25, 0.3) is 0 Å². The molecule has 2 atom stereocenters. The Morgan fingerprint density at radius 3 is 2.70 bits per heavy atom. The van der Waals surface area contributed by atoms with Crippen molar-refractivity contribution in [2.24, 2.45) is 5.92 Å². The highest BCUT2D eigenvalue weighted by Gasteiger charge is 2.38.